The van der Waals surface area contributed by atoms with Gasteiger partial charge in [0.2, 0.25) is 5.91 Å². The van der Waals surface area contributed by atoms with Crippen molar-refractivity contribution in [2.24, 2.45) is 0 Å². The SMILES string of the molecule is CCc1ccccc1NC(=O)c1c(NC(C)=O)sc2c1CCC2. The second-order valence-electron chi connectivity index (χ2n) is 5.71. The summed E-state index contributed by atoms with van der Waals surface area (Å²) in [5.41, 5.74) is 3.69. The molecule has 2 amide bonds. The Kier molecular flexibility index (Phi) is 4.48. The van der Waals surface area contributed by atoms with Gasteiger partial charge in [0.25, 0.3) is 5.91 Å². The number of carbonyl (C=O) groups excluding carboxylic acids is 2. The second kappa shape index (κ2) is 6.54. The Balaban J connectivity index is 1.94. The molecule has 0 fully saturated rings. The first-order chi connectivity index (χ1) is 11.1. The molecule has 23 heavy (non-hydrogen) atoms. The van der Waals surface area contributed by atoms with Crippen molar-refractivity contribution in [1.82, 2.24) is 0 Å². The van der Waals surface area contributed by atoms with Crippen molar-refractivity contribution >= 4 is 33.8 Å². The van der Waals surface area contributed by atoms with Gasteiger partial charge in [-0.3, -0.25) is 9.59 Å². The fourth-order valence-electron chi connectivity index (χ4n) is 3.03. The highest BCUT2D eigenvalue weighted by molar-refractivity contribution is 7.17. The molecule has 1 aliphatic carbocycles. The maximum atomic E-state index is 12.8. The predicted octanol–water partition coefficient (Wildman–Crippen LogP) is 4.01. The van der Waals surface area contributed by atoms with Crippen molar-refractivity contribution in [3.63, 3.8) is 0 Å². The average Bonchev–Trinajstić information content (AvgIpc) is 3.07. The summed E-state index contributed by atoms with van der Waals surface area (Å²) in [4.78, 5) is 25.5. The summed E-state index contributed by atoms with van der Waals surface area (Å²) >= 11 is 1.53. The topological polar surface area (TPSA) is 58.2 Å². The Morgan fingerprint density at radius 3 is 2.70 bits per heavy atom. The van der Waals surface area contributed by atoms with Crippen molar-refractivity contribution in [3.8, 4) is 0 Å². The Morgan fingerprint density at radius 1 is 1.17 bits per heavy atom. The molecule has 0 unspecified atom stereocenters. The first-order valence-corrected chi connectivity index (χ1v) is 8.73. The number of hydrogen-bond donors (Lipinski definition) is 2. The van der Waals surface area contributed by atoms with Gasteiger partial charge in [0.05, 0.1) is 5.56 Å². The van der Waals surface area contributed by atoms with E-state index in [0.29, 0.717) is 10.6 Å². The molecule has 5 heteroatoms. The molecule has 0 spiro atoms. The Morgan fingerprint density at radius 2 is 1.96 bits per heavy atom. The summed E-state index contributed by atoms with van der Waals surface area (Å²) in [6, 6.07) is 7.82. The lowest BCUT2D eigenvalue weighted by Gasteiger charge is -2.11. The smallest absolute Gasteiger partial charge is 0.258 e. The van der Waals surface area contributed by atoms with Gasteiger partial charge in [-0.05, 0) is 42.9 Å². The number of carbonyl (C=O) groups is 2. The van der Waals surface area contributed by atoms with Crippen LogP contribution in [0.4, 0.5) is 10.7 Å². The monoisotopic (exact) mass is 328 g/mol. The number of nitrogens with one attached hydrogen (secondary N) is 2. The highest BCUT2D eigenvalue weighted by Crippen LogP contribution is 2.39. The number of anilines is 2. The zero-order valence-electron chi connectivity index (χ0n) is 13.4. The maximum absolute atomic E-state index is 12.8. The minimum absolute atomic E-state index is 0.131. The molecule has 1 heterocycles. The molecule has 0 aliphatic heterocycles. The van der Waals surface area contributed by atoms with Gasteiger partial charge in [-0.2, -0.15) is 0 Å². The van der Waals surface area contributed by atoms with Crippen LogP contribution in [0, 0.1) is 0 Å². The lowest BCUT2D eigenvalue weighted by atomic mass is 10.1. The number of thiophene rings is 1. The molecule has 4 nitrogen and oxygen atoms in total. The minimum Gasteiger partial charge on any atom is -0.322 e. The summed E-state index contributed by atoms with van der Waals surface area (Å²) in [5.74, 6) is -0.276. The molecule has 2 aromatic rings. The van der Waals surface area contributed by atoms with Gasteiger partial charge < -0.3 is 10.6 Å². The number of fused-ring (bicyclic) bond motifs is 1. The molecule has 0 bridgehead atoms. The molecule has 0 radical (unpaired) electrons. The van der Waals surface area contributed by atoms with Gasteiger partial charge in [0.15, 0.2) is 0 Å². The van der Waals surface area contributed by atoms with Crippen LogP contribution in [-0.2, 0) is 24.1 Å². The normalized spacial score (nSPS) is 12.8. The van der Waals surface area contributed by atoms with E-state index < -0.39 is 0 Å². The van der Waals surface area contributed by atoms with Crippen LogP contribution in [0.3, 0.4) is 0 Å². The largest absolute Gasteiger partial charge is 0.322 e. The van der Waals surface area contributed by atoms with Crippen molar-refractivity contribution < 1.29 is 9.59 Å². The molecule has 0 saturated heterocycles. The first kappa shape index (κ1) is 15.7. The molecule has 120 valence electrons. The van der Waals surface area contributed by atoms with Crippen LogP contribution in [0.2, 0.25) is 0 Å². The molecule has 3 rings (SSSR count). The van der Waals surface area contributed by atoms with E-state index >= 15 is 0 Å². The van der Waals surface area contributed by atoms with Crippen LogP contribution in [0.1, 0.15) is 46.6 Å². The fourth-order valence-corrected chi connectivity index (χ4v) is 4.36. The van der Waals surface area contributed by atoms with Crippen LogP contribution >= 0.6 is 11.3 Å². The number of aryl methyl sites for hydroxylation is 2. The van der Waals surface area contributed by atoms with Crippen LogP contribution < -0.4 is 10.6 Å². The van der Waals surface area contributed by atoms with E-state index in [0.717, 1.165) is 42.5 Å². The zero-order valence-corrected chi connectivity index (χ0v) is 14.2. The van der Waals surface area contributed by atoms with E-state index in [1.807, 2.05) is 24.3 Å². The molecule has 0 atom stereocenters. The summed E-state index contributed by atoms with van der Waals surface area (Å²) in [5, 5.41) is 6.52. The zero-order chi connectivity index (χ0) is 16.4. The molecule has 1 aromatic heterocycles. The summed E-state index contributed by atoms with van der Waals surface area (Å²) in [7, 11) is 0. The number of amides is 2. The molecular formula is C18H20N2O2S. The Bertz CT molecular complexity index is 764. The van der Waals surface area contributed by atoms with Crippen molar-refractivity contribution in [3.05, 3.63) is 45.8 Å². The summed E-state index contributed by atoms with van der Waals surface area (Å²) < 4.78 is 0. The third kappa shape index (κ3) is 3.15. The number of hydrogen-bond acceptors (Lipinski definition) is 3. The highest BCUT2D eigenvalue weighted by Gasteiger charge is 2.27. The Labute approximate surface area is 139 Å². The minimum atomic E-state index is -0.145. The van der Waals surface area contributed by atoms with Crippen LogP contribution in [0.15, 0.2) is 24.3 Å². The first-order valence-electron chi connectivity index (χ1n) is 7.91. The van der Waals surface area contributed by atoms with E-state index in [9.17, 15) is 9.59 Å². The standard InChI is InChI=1S/C18H20N2O2S/c1-3-12-7-4-5-9-14(12)20-17(22)16-13-8-6-10-15(13)23-18(16)19-11(2)21/h4-5,7,9H,3,6,8,10H2,1-2H3,(H,19,21)(H,20,22). The van der Waals surface area contributed by atoms with Crippen LogP contribution in [0.25, 0.3) is 0 Å². The molecular weight excluding hydrogens is 308 g/mol. The van der Waals surface area contributed by atoms with Gasteiger partial charge in [0.1, 0.15) is 5.00 Å². The highest BCUT2D eigenvalue weighted by atomic mass is 32.1. The quantitative estimate of drug-likeness (QED) is 0.891. The Hall–Kier alpha value is -2.14. The molecule has 0 saturated carbocycles. The summed E-state index contributed by atoms with van der Waals surface area (Å²) in [6.45, 7) is 3.54. The van der Waals surface area contributed by atoms with E-state index in [1.165, 1.54) is 23.1 Å². The van der Waals surface area contributed by atoms with E-state index in [1.54, 1.807) is 0 Å². The van der Waals surface area contributed by atoms with Gasteiger partial charge in [-0.1, -0.05) is 25.1 Å². The van der Waals surface area contributed by atoms with Gasteiger partial charge in [-0.15, -0.1) is 11.3 Å². The van der Waals surface area contributed by atoms with E-state index in [2.05, 4.69) is 17.6 Å². The van der Waals surface area contributed by atoms with E-state index in [-0.39, 0.29) is 11.8 Å². The molecule has 1 aliphatic rings. The third-order valence-corrected chi connectivity index (χ3v) is 5.29. The third-order valence-electron chi connectivity index (χ3n) is 4.08. The van der Waals surface area contributed by atoms with Crippen LogP contribution in [0.5, 0.6) is 0 Å². The number of para-hydroxylation sites is 1. The lowest BCUT2D eigenvalue weighted by Crippen LogP contribution is -2.17. The second-order valence-corrected chi connectivity index (χ2v) is 6.81. The van der Waals surface area contributed by atoms with E-state index in [4.69, 9.17) is 0 Å². The predicted molar refractivity (Wildman–Crippen MR) is 94.4 cm³/mol. The number of benzene rings is 1. The van der Waals surface area contributed by atoms with Crippen LogP contribution in [-0.4, -0.2) is 11.8 Å². The molecule has 1 aromatic carbocycles. The average molecular weight is 328 g/mol. The van der Waals surface area contributed by atoms with Gasteiger partial charge >= 0.3 is 0 Å². The van der Waals surface area contributed by atoms with Crippen molar-refractivity contribution in [2.45, 2.75) is 39.5 Å². The maximum Gasteiger partial charge on any atom is 0.258 e. The van der Waals surface area contributed by atoms with Crippen molar-refractivity contribution in [1.29, 1.82) is 0 Å². The van der Waals surface area contributed by atoms with Gasteiger partial charge in [-0.25, -0.2) is 0 Å². The number of rotatable bonds is 4. The van der Waals surface area contributed by atoms with Crippen molar-refractivity contribution in [2.75, 3.05) is 10.6 Å². The lowest BCUT2D eigenvalue weighted by molar-refractivity contribution is -0.114. The summed E-state index contributed by atoms with van der Waals surface area (Å²) in [6.07, 6.45) is 3.83. The molecule has 2 N–H and O–H groups in total. The van der Waals surface area contributed by atoms with Gasteiger partial charge in [0, 0.05) is 17.5 Å². The fraction of sp³-hybridized carbons (Fsp3) is 0.333.